The molecule has 1 atom stereocenters. The molecule has 2 heterocycles. The third-order valence-electron chi connectivity index (χ3n) is 4.61. The highest BCUT2D eigenvalue weighted by Crippen LogP contribution is 2.11. The molecule has 25 heavy (non-hydrogen) atoms. The van der Waals surface area contributed by atoms with E-state index in [0.29, 0.717) is 11.9 Å². The Kier molecular flexibility index (Phi) is 5.45. The Hall–Kier alpha value is -2.25. The average Bonchev–Trinajstić information content (AvgIpc) is 2.64. The SMILES string of the molecule is Cc1nn(CC(=O)NCC(C)N2CCOCC2)c(=O)c2ccccc12. The van der Waals surface area contributed by atoms with Crippen molar-refractivity contribution in [3.8, 4) is 0 Å². The van der Waals surface area contributed by atoms with Gasteiger partial charge in [-0.1, -0.05) is 18.2 Å². The zero-order valence-corrected chi connectivity index (χ0v) is 14.7. The van der Waals surface area contributed by atoms with Crippen LogP contribution in [0.5, 0.6) is 0 Å². The fourth-order valence-corrected chi connectivity index (χ4v) is 3.11. The number of ether oxygens (including phenoxy) is 1. The molecule has 0 radical (unpaired) electrons. The lowest BCUT2D eigenvalue weighted by molar-refractivity contribution is -0.122. The summed E-state index contributed by atoms with van der Waals surface area (Å²) in [7, 11) is 0. The first kappa shape index (κ1) is 17.6. The third kappa shape index (κ3) is 4.05. The first-order chi connectivity index (χ1) is 12.1. The lowest BCUT2D eigenvalue weighted by Crippen LogP contribution is -2.48. The largest absolute Gasteiger partial charge is 0.379 e. The van der Waals surface area contributed by atoms with E-state index in [9.17, 15) is 9.59 Å². The van der Waals surface area contributed by atoms with Gasteiger partial charge in [0.2, 0.25) is 5.91 Å². The van der Waals surface area contributed by atoms with Crippen LogP contribution in [0.3, 0.4) is 0 Å². The van der Waals surface area contributed by atoms with Crippen molar-refractivity contribution in [2.45, 2.75) is 26.4 Å². The summed E-state index contributed by atoms with van der Waals surface area (Å²) in [6.45, 7) is 7.61. The third-order valence-corrected chi connectivity index (χ3v) is 4.61. The highest BCUT2D eigenvalue weighted by Gasteiger charge is 2.18. The fourth-order valence-electron chi connectivity index (χ4n) is 3.11. The van der Waals surface area contributed by atoms with Crippen LogP contribution in [0.15, 0.2) is 29.1 Å². The molecule has 2 aromatic rings. The van der Waals surface area contributed by atoms with Crippen molar-refractivity contribution >= 4 is 16.7 Å². The molecule has 1 amide bonds. The molecule has 0 spiro atoms. The number of rotatable bonds is 5. The van der Waals surface area contributed by atoms with E-state index in [2.05, 4.69) is 22.2 Å². The molecular formula is C18H24N4O3. The number of carbonyl (C=O) groups excluding carboxylic acids is 1. The Morgan fingerprint density at radius 2 is 1.96 bits per heavy atom. The summed E-state index contributed by atoms with van der Waals surface area (Å²) in [5.74, 6) is -0.204. The summed E-state index contributed by atoms with van der Waals surface area (Å²) in [5, 5.41) is 8.59. The van der Waals surface area contributed by atoms with Crippen LogP contribution in [-0.4, -0.2) is 59.5 Å². The average molecular weight is 344 g/mol. The smallest absolute Gasteiger partial charge is 0.275 e. The summed E-state index contributed by atoms with van der Waals surface area (Å²) in [6.07, 6.45) is 0. The van der Waals surface area contributed by atoms with Crippen LogP contribution < -0.4 is 10.9 Å². The summed E-state index contributed by atoms with van der Waals surface area (Å²) in [4.78, 5) is 27.0. The summed E-state index contributed by atoms with van der Waals surface area (Å²) in [5.41, 5.74) is 0.502. The van der Waals surface area contributed by atoms with Crippen LogP contribution in [0.1, 0.15) is 12.6 Å². The van der Waals surface area contributed by atoms with E-state index in [-0.39, 0.29) is 24.1 Å². The first-order valence-corrected chi connectivity index (χ1v) is 8.61. The maximum Gasteiger partial charge on any atom is 0.275 e. The lowest BCUT2D eigenvalue weighted by Gasteiger charge is -2.32. The number of nitrogens with zero attached hydrogens (tertiary/aromatic N) is 3. The van der Waals surface area contributed by atoms with E-state index in [4.69, 9.17) is 4.74 Å². The number of morpholine rings is 1. The molecule has 7 nitrogen and oxygen atoms in total. The van der Waals surface area contributed by atoms with Crippen LogP contribution in [-0.2, 0) is 16.1 Å². The summed E-state index contributed by atoms with van der Waals surface area (Å²) < 4.78 is 6.58. The molecule has 0 saturated carbocycles. The molecule has 1 unspecified atom stereocenters. The Morgan fingerprint density at radius 3 is 2.68 bits per heavy atom. The number of aromatic nitrogens is 2. The van der Waals surface area contributed by atoms with Gasteiger partial charge in [0.25, 0.3) is 5.56 Å². The highest BCUT2D eigenvalue weighted by molar-refractivity contribution is 5.83. The molecule has 3 rings (SSSR count). The molecule has 0 bridgehead atoms. The maximum absolute atomic E-state index is 12.5. The minimum atomic E-state index is -0.238. The van der Waals surface area contributed by atoms with Gasteiger partial charge in [-0.05, 0) is 19.9 Å². The molecule has 1 aromatic carbocycles. The van der Waals surface area contributed by atoms with E-state index in [0.717, 1.165) is 37.4 Å². The number of carbonyl (C=O) groups is 1. The van der Waals surface area contributed by atoms with Gasteiger partial charge in [-0.2, -0.15) is 5.10 Å². The van der Waals surface area contributed by atoms with Gasteiger partial charge in [0, 0.05) is 31.1 Å². The number of fused-ring (bicyclic) bond motifs is 1. The summed E-state index contributed by atoms with van der Waals surface area (Å²) >= 11 is 0. The van der Waals surface area contributed by atoms with Crippen molar-refractivity contribution < 1.29 is 9.53 Å². The number of benzene rings is 1. The molecule has 1 fully saturated rings. The van der Waals surface area contributed by atoms with Gasteiger partial charge in [-0.3, -0.25) is 14.5 Å². The van der Waals surface area contributed by atoms with E-state index in [1.54, 1.807) is 6.07 Å². The van der Waals surface area contributed by atoms with Crippen molar-refractivity contribution in [3.63, 3.8) is 0 Å². The maximum atomic E-state index is 12.5. The van der Waals surface area contributed by atoms with Crippen molar-refractivity contribution in [2.24, 2.45) is 0 Å². The number of nitrogens with one attached hydrogen (secondary N) is 1. The van der Waals surface area contributed by atoms with Gasteiger partial charge in [0.05, 0.1) is 24.3 Å². The molecule has 1 saturated heterocycles. The van der Waals surface area contributed by atoms with Gasteiger partial charge in [0.1, 0.15) is 6.54 Å². The Balaban J connectivity index is 1.64. The monoisotopic (exact) mass is 344 g/mol. The molecule has 7 heteroatoms. The Morgan fingerprint density at radius 1 is 1.28 bits per heavy atom. The Labute approximate surface area is 146 Å². The molecule has 1 aliphatic rings. The fraction of sp³-hybridized carbons (Fsp3) is 0.500. The van der Waals surface area contributed by atoms with Gasteiger partial charge < -0.3 is 10.1 Å². The second-order valence-electron chi connectivity index (χ2n) is 6.40. The Bertz CT molecular complexity index is 812. The van der Waals surface area contributed by atoms with Crippen molar-refractivity contribution in [2.75, 3.05) is 32.8 Å². The van der Waals surface area contributed by atoms with Gasteiger partial charge in [0.15, 0.2) is 0 Å². The standard InChI is InChI=1S/C18H24N4O3/c1-13(21-7-9-25-10-8-21)11-19-17(23)12-22-18(24)16-6-4-3-5-15(16)14(2)20-22/h3-6,13H,7-12H2,1-2H3,(H,19,23). The zero-order valence-electron chi connectivity index (χ0n) is 14.7. The van der Waals surface area contributed by atoms with Crippen molar-refractivity contribution in [1.29, 1.82) is 0 Å². The minimum Gasteiger partial charge on any atom is -0.379 e. The van der Waals surface area contributed by atoms with Crippen LogP contribution in [0.25, 0.3) is 10.8 Å². The van der Waals surface area contributed by atoms with E-state index in [1.165, 1.54) is 4.68 Å². The molecule has 1 aliphatic heterocycles. The van der Waals surface area contributed by atoms with Gasteiger partial charge in [-0.25, -0.2) is 4.68 Å². The molecular weight excluding hydrogens is 320 g/mol. The van der Waals surface area contributed by atoms with Gasteiger partial charge >= 0.3 is 0 Å². The summed E-state index contributed by atoms with van der Waals surface area (Å²) in [6, 6.07) is 7.56. The van der Waals surface area contributed by atoms with Crippen LogP contribution in [0.4, 0.5) is 0 Å². The number of amides is 1. The van der Waals surface area contributed by atoms with Crippen molar-refractivity contribution in [1.82, 2.24) is 20.0 Å². The molecule has 1 N–H and O–H groups in total. The first-order valence-electron chi connectivity index (χ1n) is 8.61. The highest BCUT2D eigenvalue weighted by atomic mass is 16.5. The number of hydrogen-bond acceptors (Lipinski definition) is 5. The van der Waals surface area contributed by atoms with Crippen LogP contribution >= 0.6 is 0 Å². The van der Waals surface area contributed by atoms with Crippen LogP contribution in [0.2, 0.25) is 0 Å². The molecule has 134 valence electrons. The second kappa shape index (κ2) is 7.76. The van der Waals surface area contributed by atoms with E-state index < -0.39 is 0 Å². The molecule has 0 aliphatic carbocycles. The predicted molar refractivity (Wildman–Crippen MR) is 95.6 cm³/mol. The molecule has 1 aromatic heterocycles. The van der Waals surface area contributed by atoms with E-state index in [1.807, 2.05) is 25.1 Å². The van der Waals surface area contributed by atoms with Crippen molar-refractivity contribution in [3.05, 3.63) is 40.3 Å². The normalized spacial score (nSPS) is 16.7. The second-order valence-corrected chi connectivity index (χ2v) is 6.40. The predicted octanol–water partition coefficient (Wildman–Crippen LogP) is 0.542. The van der Waals surface area contributed by atoms with Crippen LogP contribution in [0, 0.1) is 6.92 Å². The lowest BCUT2D eigenvalue weighted by atomic mass is 10.1. The zero-order chi connectivity index (χ0) is 17.8. The van der Waals surface area contributed by atoms with E-state index >= 15 is 0 Å². The number of aryl methyl sites for hydroxylation is 1. The number of hydrogen-bond donors (Lipinski definition) is 1. The topological polar surface area (TPSA) is 76.5 Å². The van der Waals surface area contributed by atoms with Gasteiger partial charge in [-0.15, -0.1) is 0 Å². The quantitative estimate of drug-likeness (QED) is 0.857. The minimum absolute atomic E-state index is 0.0691.